The van der Waals surface area contributed by atoms with Gasteiger partial charge in [0.15, 0.2) is 0 Å². The summed E-state index contributed by atoms with van der Waals surface area (Å²) in [6.07, 6.45) is 2.65. The van der Waals surface area contributed by atoms with Crippen molar-refractivity contribution in [3.8, 4) is 5.75 Å². The van der Waals surface area contributed by atoms with Crippen molar-refractivity contribution >= 4 is 17.8 Å². The maximum absolute atomic E-state index is 12.9. The van der Waals surface area contributed by atoms with Gasteiger partial charge in [0.25, 0.3) is 5.91 Å². The molecule has 0 bridgehead atoms. The van der Waals surface area contributed by atoms with Gasteiger partial charge in [0.05, 0.1) is 17.3 Å². The molecule has 4 heteroatoms. The number of nitrogens with zero attached hydrogens (tertiary/aromatic N) is 2. The van der Waals surface area contributed by atoms with Crippen LogP contribution < -0.4 is 4.74 Å². The molecule has 1 atom stereocenters. The van der Waals surface area contributed by atoms with E-state index in [0.717, 1.165) is 28.9 Å². The van der Waals surface area contributed by atoms with Gasteiger partial charge in [-0.1, -0.05) is 42.5 Å². The first kappa shape index (κ1) is 15.6. The number of aliphatic imine (C=N–C) groups is 1. The summed E-state index contributed by atoms with van der Waals surface area (Å²) < 4.78 is 5.96. The maximum atomic E-state index is 12.9. The zero-order chi connectivity index (χ0) is 17.4. The number of carbonyl (C=O) groups is 1. The van der Waals surface area contributed by atoms with Crippen LogP contribution in [0.1, 0.15) is 27.9 Å². The molecule has 126 valence electrons. The number of amides is 1. The van der Waals surface area contributed by atoms with Gasteiger partial charge in [-0.25, -0.2) is 0 Å². The van der Waals surface area contributed by atoms with Crippen LogP contribution in [-0.4, -0.2) is 29.6 Å². The highest BCUT2D eigenvalue weighted by Crippen LogP contribution is 2.34. The summed E-state index contributed by atoms with van der Waals surface area (Å²) in [5.74, 6) is 0.785. The van der Waals surface area contributed by atoms with Crippen molar-refractivity contribution in [1.82, 2.24) is 4.90 Å². The fourth-order valence-electron chi connectivity index (χ4n) is 3.35. The molecule has 0 saturated carbocycles. The molecule has 0 aliphatic carbocycles. The highest BCUT2D eigenvalue weighted by atomic mass is 16.5. The van der Waals surface area contributed by atoms with Gasteiger partial charge < -0.3 is 9.64 Å². The molecule has 0 aromatic heterocycles. The molecule has 0 radical (unpaired) electrons. The fourth-order valence-corrected chi connectivity index (χ4v) is 3.35. The van der Waals surface area contributed by atoms with Crippen molar-refractivity contribution < 1.29 is 9.53 Å². The number of hydrogen-bond acceptors (Lipinski definition) is 3. The first-order valence-corrected chi connectivity index (χ1v) is 8.45. The molecule has 0 N–H and O–H groups in total. The van der Waals surface area contributed by atoms with E-state index in [1.165, 1.54) is 0 Å². The molecule has 1 amide bonds. The van der Waals surface area contributed by atoms with Gasteiger partial charge in [-0.05, 0) is 30.5 Å². The average Bonchev–Trinajstić information content (AvgIpc) is 2.95. The topological polar surface area (TPSA) is 41.9 Å². The van der Waals surface area contributed by atoms with Crippen LogP contribution in [0.5, 0.6) is 5.75 Å². The van der Waals surface area contributed by atoms with Gasteiger partial charge in [-0.2, -0.15) is 0 Å². The lowest BCUT2D eigenvalue weighted by Gasteiger charge is -2.20. The molecule has 2 aromatic carbocycles. The van der Waals surface area contributed by atoms with Gasteiger partial charge in [0, 0.05) is 18.8 Å². The van der Waals surface area contributed by atoms with Crippen LogP contribution in [0.2, 0.25) is 0 Å². The molecular weight excluding hydrogens is 312 g/mol. The zero-order valence-corrected chi connectivity index (χ0v) is 14.2. The molecule has 4 rings (SSSR count). The first-order chi connectivity index (χ1) is 12.1. The van der Waals surface area contributed by atoms with E-state index >= 15 is 0 Å². The molecular formula is C21H20N2O2. The van der Waals surface area contributed by atoms with E-state index < -0.39 is 0 Å². The first-order valence-electron chi connectivity index (χ1n) is 8.45. The monoisotopic (exact) mass is 332 g/mol. The minimum atomic E-state index is 0.0152. The number of benzene rings is 2. The SMILES string of the molecule is C=C1C[C@H]2C=Nc3cc(OCc4ccccc4)c(C)cc3C(=O)N2C1. The summed E-state index contributed by atoms with van der Waals surface area (Å²) in [4.78, 5) is 19.3. The Bertz CT molecular complexity index is 871. The van der Waals surface area contributed by atoms with Crippen LogP contribution >= 0.6 is 0 Å². The standard InChI is InChI=1S/C21H20N2O2/c1-14-8-17-11-22-19-10-20(25-13-16-6-4-3-5-7-16)15(2)9-18(19)21(24)23(17)12-14/h3-7,9-11,17H,1,8,12-13H2,2H3/t17-/m0/s1. The summed E-state index contributed by atoms with van der Waals surface area (Å²) >= 11 is 0. The highest BCUT2D eigenvalue weighted by Gasteiger charge is 2.33. The van der Waals surface area contributed by atoms with Crippen molar-refractivity contribution in [1.29, 1.82) is 0 Å². The van der Waals surface area contributed by atoms with Crippen molar-refractivity contribution in [2.45, 2.75) is 26.0 Å². The zero-order valence-electron chi connectivity index (χ0n) is 14.2. The van der Waals surface area contributed by atoms with Crippen LogP contribution in [0.4, 0.5) is 5.69 Å². The normalized spacial score (nSPS) is 18.8. The van der Waals surface area contributed by atoms with Crippen LogP contribution in [-0.2, 0) is 6.61 Å². The van der Waals surface area contributed by atoms with E-state index in [-0.39, 0.29) is 11.9 Å². The minimum absolute atomic E-state index is 0.0152. The second-order valence-electron chi connectivity index (χ2n) is 6.64. The second-order valence-corrected chi connectivity index (χ2v) is 6.64. The highest BCUT2D eigenvalue weighted by molar-refractivity contribution is 6.03. The predicted molar refractivity (Wildman–Crippen MR) is 98.7 cm³/mol. The molecule has 0 spiro atoms. The van der Waals surface area contributed by atoms with E-state index in [2.05, 4.69) is 11.6 Å². The largest absolute Gasteiger partial charge is 0.489 e. The summed E-state index contributed by atoms with van der Waals surface area (Å²) in [5, 5.41) is 0. The molecule has 2 aliphatic rings. The summed E-state index contributed by atoms with van der Waals surface area (Å²) in [6.45, 7) is 7.07. The number of fused-ring (bicyclic) bond motifs is 2. The Balaban J connectivity index is 1.63. The van der Waals surface area contributed by atoms with Gasteiger partial charge >= 0.3 is 0 Å². The van der Waals surface area contributed by atoms with E-state index in [0.29, 0.717) is 24.4 Å². The Morgan fingerprint density at radius 1 is 1.28 bits per heavy atom. The molecule has 25 heavy (non-hydrogen) atoms. The van der Waals surface area contributed by atoms with Gasteiger partial charge in [0.2, 0.25) is 0 Å². The van der Waals surface area contributed by atoms with Crippen molar-refractivity contribution in [3.63, 3.8) is 0 Å². The summed E-state index contributed by atoms with van der Waals surface area (Å²) in [6, 6.07) is 13.8. The molecule has 2 aromatic rings. The van der Waals surface area contributed by atoms with Crippen molar-refractivity contribution in [3.05, 3.63) is 71.3 Å². The summed E-state index contributed by atoms with van der Waals surface area (Å²) in [7, 11) is 0. The van der Waals surface area contributed by atoms with Gasteiger partial charge in [0.1, 0.15) is 12.4 Å². The third-order valence-corrected chi connectivity index (χ3v) is 4.70. The lowest BCUT2D eigenvalue weighted by atomic mass is 10.1. The molecule has 1 fully saturated rings. The summed E-state index contributed by atoms with van der Waals surface area (Å²) in [5.41, 5.74) is 4.44. The van der Waals surface area contributed by atoms with E-state index in [4.69, 9.17) is 4.74 Å². The van der Waals surface area contributed by atoms with Crippen LogP contribution in [0.3, 0.4) is 0 Å². The van der Waals surface area contributed by atoms with Crippen LogP contribution in [0, 0.1) is 6.92 Å². The Morgan fingerprint density at radius 2 is 2.08 bits per heavy atom. The molecule has 2 aliphatic heterocycles. The van der Waals surface area contributed by atoms with Crippen LogP contribution in [0.25, 0.3) is 0 Å². The Kier molecular flexibility index (Phi) is 3.88. The Labute approximate surface area is 147 Å². The quantitative estimate of drug-likeness (QED) is 0.795. The van der Waals surface area contributed by atoms with Gasteiger partial charge in [-0.15, -0.1) is 0 Å². The number of ether oxygens (including phenoxy) is 1. The fraction of sp³-hybridized carbons (Fsp3) is 0.238. The number of aryl methyl sites for hydroxylation is 1. The Morgan fingerprint density at radius 3 is 2.88 bits per heavy atom. The molecule has 4 nitrogen and oxygen atoms in total. The predicted octanol–water partition coefficient (Wildman–Crippen LogP) is 4.06. The Hall–Kier alpha value is -2.88. The smallest absolute Gasteiger partial charge is 0.256 e. The van der Waals surface area contributed by atoms with Gasteiger partial charge in [-0.3, -0.25) is 9.79 Å². The number of rotatable bonds is 3. The minimum Gasteiger partial charge on any atom is -0.489 e. The molecule has 2 heterocycles. The van der Waals surface area contributed by atoms with E-state index in [1.54, 1.807) is 0 Å². The van der Waals surface area contributed by atoms with E-state index in [9.17, 15) is 4.79 Å². The number of carbonyl (C=O) groups excluding carboxylic acids is 1. The van der Waals surface area contributed by atoms with Crippen molar-refractivity contribution in [2.24, 2.45) is 4.99 Å². The lowest BCUT2D eigenvalue weighted by Crippen LogP contribution is -2.35. The third kappa shape index (κ3) is 2.95. The molecule has 1 saturated heterocycles. The second kappa shape index (κ2) is 6.20. The van der Waals surface area contributed by atoms with Crippen molar-refractivity contribution in [2.75, 3.05) is 6.54 Å². The van der Waals surface area contributed by atoms with E-state index in [1.807, 2.05) is 60.5 Å². The lowest BCUT2D eigenvalue weighted by molar-refractivity contribution is 0.0778. The maximum Gasteiger partial charge on any atom is 0.256 e. The van der Waals surface area contributed by atoms with Crippen LogP contribution in [0.15, 0.2) is 59.6 Å². The average molecular weight is 332 g/mol. The third-order valence-electron chi connectivity index (χ3n) is 4.70. The molecule has 0 unspecified atom stereocenters. The number of hydrogen-bond donors (Lipinski definition) is 0.